The van der Waals surface area contributed by atoms with Crippen LogP contribution in [-0.2, 0) is 35.3 Å². The second-order valence-corrected chi connectivity index (χ2v) is 19.9. The van der Waals surface area contributed by atoms with Gasteiger partial charge in [-0.2, -0.15) is 0 Å². The zero-order valence-corrected chi connectivity index (χ0v) is 42.7. The van der Waals surface area contributed by atoms with Crippen LogP contribution in [0.5, 0.6) is 23.0 Å². The maximum Gasteiger partial charge on any atom is 0.236 e. The van der Waals surface area contributed by atoms with Crippen LogP contribution in [0.2, 0.25) is 0 Å². The molecule has 1 fully saturated rings. The van der Waals surface area contributed by atoms with Gasteiger partial charge in [0.25, 0.3) is 0 Å². The molecule has 0 aromatic heterocycles. The van der Waals surface area contributed by atoms with Crippen LogP contribution in [0.3, 0.4) is 0 Å². The van der Waals surface area contributed by atoms with Crippen molar-refractivity contribution in [1.29, 1.82) is 0 Å². The van der Waals surface area contributed by atoms with Gasteiger partial charge in [-0.15, -0.1) is 0 Å². The van der Waals surface area contributed by atoms with Gasteiger partial charge < -0.3 is 39.8 Å². The highest BCUT2D eigenvalue weighted by Gasteiger charge is 2.52. The Morgan fingerprint density at radius 1 is 0.446 bits per heavy atom. The lowest BCUT2D eigenvalue weighted by Crippen LogP contribution is -2.59. The predicted octanol–water partition coefficient (Wildman–Crippen LogP) is 11.4. The van der Waals surface area contributed by atoms with E-state index >= 15 is 9.59 Å². The van der Waals surface area contributed by atoms with Crippen LogP contribution in [-0.4, -0.2) is 61.7 Å². The van der Waals surface area contributed by atoms with Crippen molar-refractivity contribution in [3.63, 3.8) is 0 Å². The third kappa shape index (κ3) is 11.1. The normalized spacial score (nSPS) is 14.4. The van der Waals surface area contributed by atoms with Crippen LogP contribution < -0.4 is 29.6 Å². The summed E-state index contributed by atoms with van der Waals surface area (Å²) in [6, 6.07) is 56.0. The van der Waals surface area contributed by atoms with E-state index in [1.165, 1.54) is 0 Å². The highest BCUT2D eigenvalue weighted by molar-refractivity contribution is 6.06. The Kier molecular flexibility index (Phi) is 15.7. The molecule has 74 heavy (non-hydrogen) atoms. The summed E-state index contributed by atoms with van der Waals surface area (Å²) in [6.45, 7) is 0. The van der Waals surface area contributed by atoms with Crippen molar-refractivity contribution in [2.45, 2.75) is 81.1 Å². The Labute approximate surface area is 434 Å². The molecule has 1 saturated carbocycles. The molecule has 2 amide bonds. The van der Waals surface area contributed by atoms with Gasteiger partial charge in [0, 0.05) is 25.7 Å². The summed E-state index contributed by atoms with van der Waals surface area (Å²) in [5, 5.41) is 38.0. The molecular formula is C64H66N2O8. The molecule has 0 heterocycles. The number of nitrogens with one attached hydrogen (secondary N) is 2. The number of carbonyl (C=O) groups excluding carboxylic acids is 2. The number of amides is 2. The Hall–Kier alpha value is -7.66. The van der Waals surface area contributed by atoms with Crippen LogP contribution in [0.1, 0.15) is 77.6 Å². The summed E-state index contributed by atoms with van der Waals surface area (Å²) in [4.78, 5) is 32.2. The highest BCUT2D eigenvalue weighted by Crippen LogP contribution is 2.44. The molecule has 8 aromatic carbocycles. The van der Waals surface area contributed by atoms with Crippen molar-refractivity contribution in [1.82, 2.24) is 10.6 Å². The molecule has 1 aliphatic carbocycles. The number of methoxy groups -OCH3 is 4. The molecule has 8 aromatic rings. The first-order valence-corrected chi connectivity index (χ1v) is 25.5. The van der Waals surface area contributed by atoms with Crippen LogP contribution in [0, 0.1) is 5.41 Å². The first kappa shape index (κ1) is 51.2. The molecule has 1 aliphatic rings. The molecule has 2 atom stereocenters. The molecule has 0 bridgehead atoms. The molecule has 0 aliphatic heterocycles. The summed E-state index contributed by atoms with van der Waals surface area (Å²) in [5.74, 6) is 1.54. The quantitative estimate of drug-likeness (QED) is 0.0555. The van der Waals surface area contributed by atoms with Gasteiger partial charge >= 0.3 is 0 Å². The summed E-state index contributed by atoms with van der Waals surface area (Å²) in [6.07, 6.45) is 3.03. The third-order valence-corrected chi connectivity index (χ3v) is 15.0. The predicted molar refractivity (Wildman–Crippen MR) is 292 cm³/mol. The summed E-state index contributed by atoms with van der Waals surface area (Å²) < 4.78 is 22.6. The largest absolute Gasteiger partial charge is 0.497 e. The second kappa shape index (κ2) is 22.6. The van der Waals surface area contributed by atoms with Crippen molar-refractivity contribution in [2.24, 2.45) is 5.41 Å². The number of benzene rings is 8. The number of ether oxygens (including phenoxy) is 4. The molecule has 10 heteroatoms. The molecule has 0 radical (unpaired) electrons. The van der Waals surface area contributed by atoms with Crippen molar-refractivity contribution in [3.8, 4) is 23.0 Å². The second-order valence-electron chi connectivity index (χ2n) is 19.9. The van der Waals surface area contributed by atoms with Crippen molar-refractivity contribution < 1.29 is 38.7 Å². The van der Waals surface area contributed by atoms with E-state index in [4.69, 9.17) is 18.9 Å². The molecule has 0 saturated heterocycles. The lowest BCUT2D eigenvalue weighted by Gasteiger charge is -2.43. The zero-order chi connectivity index (χ0) is 51.7. The van der Waals surface area contributed by atoms with Crippen LogP contribution in [0.25, 0.3) is 21.5 Å². The van der Waals surface area contributed by atoms with Crippen LogP contribution in [0.4, 0.5) is 0 Å². The minimum Gasteiger partial charge on any atom is -0.497 e. The molecule has 4 N–H and O–H groups in total. The molecule has 9 rings (SSSR count). The van der Waals surface area contributed by atoms with E-state index in [-0.39, 0.29) is 38.5 Å². The molecule has 0 spiro atoms. The Morgan fingerprint density at radius 3 is 1.09 bits per heavy atom. The monoisotopic (exact) mass is 990 g/mol. The summed E-state index contributed by atoms with van der Waals surface area (Å²) in [7, 11) is 6.44. The third-order valence-electron chi connectivity index (χ3n) is 15.0. The first-order chi connectivity index (χ1) is 36.0. The number of rotatable bonds is 20. The Morgan fingerprint density at radius 2 is 0.757 bits per heavy atom. The van der Waals surface area contributed by atoms with E-state index in [0.717, 1.165) is 50.2 Å². The van der Waals surface area contributed by atoms with Gasteiger partial charge in [0.2, 0.25) is 11.8 Å². The van der Waals surface area contributed by atoms with Gasteiger partial charge in [0.15, 0.2) is 0 Å². The average Bonchev–Trinajstić information content (AvgIpc) is 3.43. The summed E-state index contributed by atoms with van der Waals surface area (Å²) >= 11 is 0. The van der Waals surface area contributed by atoms with Gasteiger partial charge in [-0.05, 0) is 116 Å². The maximum atomic E-state index is 16.1. The summed E-state index contributed by atoms with van der Waals surface area (Å²) in [5.41, 5.74) is -0.399. The number of aliphatic hydroxyl groups is 2. The number of hydrogen-bond acceptors (Lipinski definition) is 8. The van der Waals surface area contributed by atoms with Crippen LogP contribution >= 0.6 is 0 Å². The van der Waals surface area contributed by atoms with E-state index in [1.807, 2.05) is 182 Å². The smallest absolute Gasteiger partial charge is 0.236 e. The van der Waals surface area contributed by atoms with Gasteiger partial charge in [-0.3, -0.25) is 9.59 Å². The van der Waals surface area contributed by atoms with E-state index in [9.17, 15) is 10.2 Å². The van der Waals surface area contributed by atoms with Gasteiger partial charge in [-0.25, -0.2) is 0 Å². The van der Waals surface area contributed by atoms with E-state index in [0.29, 0.717) is 47.0 Å². The van der Waals surface area contributed by atoms with E-state index in [1.54, 1.807) is 28.4 Å². The van der Waals surface area contributed by atoms with Crippen molar-refractivity contribution in [3.05, 3.63) is 215 Å². The van der Waals surface area contributed by atoms with E-state index < -0.39 is 40.5 Å². The SMILES string of the molecule is COc1cccc(CC(O)(Cc2cccc(OC)c2)[C@@H](NC(=O)C2(C(=O)N[C@@H](c3cccc4ccccc34)C(O)(Cc3cccc(OC)c3)Cc3cccc(OC)c3)CCCCC2)c2cccc3ccccc23)c1. The molecular weight excluding hydrogens is 925 g/mol. The van der Waals surface area contributed by atoms with Crippen molar-refractivity contribution >= 4 is 33.4 Å². The van der Waals surface area contributed by atoms with Gasteiger partial charge in [0.05, 0.1) is 51.7 Å². The fraction of sp³-hybridized carbons (Fsp3) is 0.281. The number of fused-ring (bicyclic) bond motifs is 2. The van der Waals surface area contributed by atoms with Gasteiger partial charge in [0.1, 0.15) is 28.4 Å². The number of hydrogen-bond donors (Lipinski definition) is 4. The lowest BCUT2D eigenvalue weighted by atomic mass is 9.70. The fourth-order valence-corrected chi connectivity index (χ4v) is 11.3. The number of carbonyl (C=O) groups is 2. The topological polar surface area (TPSA) is 136 Å². The molecule has 380 valence electrons. The lowest BCUT2D eigenvalue weighted by molar-refractivity contribution is -0.150. The minimum atomic E-state index is -1.69. The van der Waals surface area contributed by atoms with Gasteiger partial charge in [-0.1, -0.05) is 153 Å². The standard InChI is InChI=1S/C64H66N2O8/c1-71-50-26-12-18-44(36-50)40-63(69,41-45-19-13-27-51(37-45)72-2)58(56-32-16-24-48-22-6-8-30-54(48)56)65-60(67)62(34-10-5-11-35-62)61(68)66-59(57-33-17-25-49-23-7-9-31-55(49)57)64(70,42-46-20-14-28-52(38-46)73-3)43-47-21-15-29-53(39-47)74-4/h6-9,12-33,36-39,58-59,69-70H,5,10-11,34-35,40-43H2,1-4H3,(H,65,67)(H,66,68)/t58-,59-/m0/s1. The highest BCUT2D eigenvalue weighted by atomic mass is 16.5. The van der Waals surface area contributed by atoms with Crippen LogP contribution in [0.15, 0.2) is 182 Å². The molecule has 10 nitrogen and oxygen atoms in total. The maximum absolute atomic E-state index is 16.1. The Bertz CT molecular complexity index is 2920. The Balaban J connectivity index is 1.19. The average molecular weight is 991 g/mol. The zero-order valence-electron chi connectivity index (χ0n) is 42.7. The molecule has 0 unspecified atom stereocenters. The first-order valence-electron chi connectivity index (χ1n) is 25.5. The fourth-order valence-electron chi connectivity index (χ4n) is 11.3. The van der Waals surface area contributed by atoms with E-state index in [2.05, 4.69) is 10.6 Å². The minimum absolute atomic E-state index is 0.111. The van der Waals surface area contributed by atoms with Crippen molar-refractivity contribution in [2.75, 3.05) is 28.4 Å².